The van der Waals surface area contributed by atoms with Crippen LogP contribution in [0.15, 0.2) is 65.6 Å². The Kier molecular flexibility index (Phi) is 6.93. The van der Waals surface area contributed by atoms with Crippen LogP contribution in [-0.2, 0) is 10.0 Å². The molecule has 0 saturated carbocycles. The highest BCUT2D eigenvalue weighted by Crippen LogP contribution is 2.25. The van der Waals surface area contributed by atoms with Crippen molar-refractivity contribution in [1.82, 2.24) is 4.90 Å². The summed E-state index contributed by atoms with van der Waals surface area (Å²) in [5.41, 5.74) is 4.01. The molecule has 35 heavy (non-hydrogen) atoms. The lowest BCUT2D eigenvalue weighted by Gasteiger charge is -2.18. The largest absolute Gasteiger partial charge is 0.339 e. The second-order valence-corrected chi connectivity index (χ2v) is 10.6. The fourth-order valence-corrected chi connectivity index (χ4v) is 5.29. The predicted molar refractivity (Wildman–Crippen MR) is 137 cm³/mol. The van der Waals surface area contributed by atoms with Crippen LogP contribution in [0, 0.1) is 20.8 Å². The highest BCUT2D eigenvalue weighted by Gasteiger charge is 2.23. The van der Waals surface area contributed by atoms with Crippen LogP contribution in [0.25, 0.3) is 0 Å². The van der Waals surface area contributed by atoms with Gasteiger partial charge in [0.05, 0.1) is 4.90 Å². The standard InChI is InChI=1S/C27H29N3O4S/c1-18-8-6-9-21(16-18)29-35(33,34)22-13-12-19(2)24(17-22)26(31)28-25-11-7-10-23(20(25)3)27(32)30-14-4-5-15-30/h6-13,16-17,29H,4-5,14-15H2,1-3H3,(H,28,31). The van der Waals surface area contributed by atoms with Crippen molar-refractivity contribution in [1.29, 1.82) is 0 Å². The Hall–Kier alpha value is -3.65. The molecule has 0 atom stereocenters. The molecule has 0 unspecified atom stereocenters. The van der Waals surface area contributed by atoms with E-state index < -0.39 is 15.9 Å². The number of nitrogens with zero attached hydrogens (tertiary/aromatic N) is 1. The number of nitrogens with one attached hydrogen (secondary N) is 2. The van der Waals surface area contributed by atoms with Crippen LogP contribution < -0.4 is 10.0 Å². The molecule has 2 N–H and O–H groups in total. The molecule has 1 heterocycles. The van der Waals surface area contributed by atoms with Crippen LogP contribution in [0.1, 0.15) is 50.2 Å². The topological polar surface area (TPSA) is 95.6 Å². The lowest BCUT2D eigenvalue weighted by atomic mass is 10.0. The normalized spacial score (nSPS) is 13.5. The summed E-state index contributed by atoms with van der Waals surface area (Å²) in [6.07, 6.45) is 2.00. The monoisotopic (exact) mass is 491 g/mol. The molecule has 0 bridgehead atoms. The van der Waals surface area contributed by atoms with Crippen LogP contribution >= 0.6 is 0 Å². The molecule has 182 valence electrons. The number of carbonyl (C=O) groups excluding carboxylic acids is 2. The highest BCUT2D eigenvalue weighted by atomic mass is 32.2. The van der Waals surface area contributed by atoms with Gasteiger partial charge in [-0.2, -0.15) is 0 Å². The van der Waals surface area contributed by atoms with E-state index in [0.29, 0.717) is 28.1 Å². The molecule has 1 saturated heterocycles. The predicted octanol–water partition coefficient (Wildman–Crippen LogP) is 4.90. The van der Waals surface area contributed by atoms with Crippen molar-refractivity contribution in [2.75, 3.05) is 23.1 Å². The van der Waals surface area contributed by atoms with Gasteiger partial charge in [0.15, 0.2) is 0 Å². The van der Waals surface area contributed by atoms with E-state index in [1.54, 1.807) is 56.3 Å². The van der Waals surface area contributed by atoms with Crippen molar-refractivity contribution in [2.45, 2.75) is 38.5 Å². The van der Waals surface area contributed by atoms with E-state index in [4.69, 9.17) is 0 Å². The van der Waals surface area contributed by atoms with E-state index in [1.165, 1.54) is 12.1 Å². The Bertz CT molecular complexity index is 1390. The molecule has 1 aliphatic rings. The van der Waals surface area contributed by atoms with Crippen molar-refractivity contribution in [3.05, 3.63) is 88.5 Å². The maximum absolute atomic E-state index is 13.2. The Morgan fingerprint density at radius 3 is 2.29 bits per heavy atom. The smallest absolute Gasteiger partial charge is 0.261 e. The highest BCUT2D eigenvalue weighted by molar-refractivity contribution is 7.92. The maximum Gasteiger partial charge on any atom is 0.261 e. The van der Waals surface area contributed by atoms with Gasteiger partial charge in [-0.1, -0.05) is 24.3 Å². The Labute approximate surface area is 206 Å². The average Bonchev–Trinajstić information content (AvgIpc) is 3.35. The summed E-state index contributed by atoms with van der Waals surface area (Å²) in [7, 11) is -3.89. The number of carbonyl (C=O) groups is 2. The summed E-state index contributed by atoms with van der Waals surface area (Å²) in [5.74, 6) is -0.480. The van der Waals surface area contributed by atoms with Gasteiger partial charge < -0.3 is 10.2 Å². The number of sulfonamides is 1. The molecule has 4 rings (SSSR count). The molecule has 0 spiro atoms. The third kappa shape index (κ3) is 5.38. The summed E-state index contributed by atoms with van der Waals surface area (Å²) >= 11 is 0. The fraction of sp³-hybridized carbons (Fsp3) is 0.259. The zero-order valence-corrected chi connectivity index (χ0v) is 20.9. The molecule has 1 fully saturated rings. The molecular formula is C27H29N3O4S. The van der Waals surface area contributed by atoms with Crippen LogP contribution in [0.5, 0.6) is 0 Å². The third-order valence-electron chi connectivity index (χ3n) is 6.24. The summed E-state index contributed by atoms with van der Waals surface area (Å²) in [6.45, 7) is 6.91. The molecule has 8 heteroatoms. The molecule has 3 aromatic rings. The third-order valence-corrected chi connectivity index (χ3v) is 7.62. The molecule has 2 amide bonds. The number of hydrogen-bond donors (Lipinski definition) is 2. The SMILES string of the molecule is Cc1cccc(NS(=O)(=O)c2ccc(C)c(C(=O)Nc3cccc(C(=O)N4CCCC4)c3C)c2)c1. The minimum Gasteiger partial charge on any atom is -0.339 e. The van der Waals surface area contributed by atoms with Crippen molar-refractivity contribution in [2.24, 2.45) is 0 Å². The van der Waals surface area contributed by atoms with Gasteiger partial charge in [-0.05, 0) is 86.7 Å². The van der Waals surface area contributed by atoms with Crippen molar-refractivity contribution in [3.63, 3.8) is 0 Å². The van der Waals surface area contributed by atoms with Crippen LogP contribution in [0.3, 0.4) is 0 Å². The lowest BCUT2D eigenvalue weighted by Crippen LogP contribution is -2.28. The second-order valence-electron chi connectivity index (χ2n) is 8.88. The zero-order valence-electron chi connectivity index (χ0n) is 20.1. The lowest BCUT2D eigenvalue weighted by molar-refractivity contribution is 0.0791. The number of rotatable bonds is 6. The van der Waals surface area contributed by atoms with E-state index in [1.807, 2.05) is 17.9 Å². The molecular weight excluding hydrogens is 462 g/mol. The minimum atomic E-state index is -3.89. The molecule has 0 radical (unpaired) electrons. The van der Waals surface area contributed by atoms with E-state index in [-0.39, 0.29) is 16.4 Å². The van der Waals surface area contributed by atoms with E-state index in [2.05, 4.69) is 10.0 Å². The van der Waals surface area contributed by atoms with Gasteiger partial charge in [0.1, 0.15) is 0 Å². The average molecular weight is 492 g/mol. The fourth-order valence-electron chi connectivity index (χ4n) is 4.22. The first-order valence-electron chi connectivity index (χ1n) is 11.6. The van der Waals surface area contributed by atoms with E-state index in [9.17, 15) is 18.0 Å². The molecule has 7 nitrogen and oxygen atoms in total. The summed E-state index contributed by atoms with van der Waals surface area (Å²) in [4.78, 5) is 27.9. The number of hydrogen-bond acceptors (Lipinski definition) is 4. The molecule has 0 aromatic heterocycles. The Balaban J connectivity index is 1.58. The van der Waals surface area contributed by atoms with Crippen LogP contribution in [-0.4, -0.2) is 38.2 Å². The van der Waals surface area contributed by atoms with Gasteiger partial charge in [-0.3, -0.25) is 14.3 Å². The first kappa shape index (κ1) is 24.5. The van der Waals surface area contributed by atoms with Gasteiger partial charge in [-0.15, -0.1) is 0 Å². The zero-order chi connectivity index (χ0) is 25.2. The number of likely N-dealkylation sites (tertiary alicyclic amines) is 1. The van der Waals surface area contributed by atoms with Crippen molar-refractivity contribution in [3.8, 4) is 0 Å². The number of aryl methyl sites for hydroxylation is 2. The van der Waals surface area contributed by atoms with Crippen LogP contribution in [0.2, 0.25) is 0 Å². The van der Waals surface area contributed by atoms with Gasteiger partial charge in [0, 0.05) is 35.6 Å². The second kappa shape index (κ2) is 9.92. The number of amides is 2. The Morgan fingerprint density at radius 2 is 1.57 bits per heavy atom. The van der Waals surface area contributed by atoms with Gasteiger partial charge >= 0.3 is 0 Å². The van der Waals surface area contributed by atoms with Crippen molar-refractivity contribution < 1.29 is 18.0 Å². The first-order valence-corrected chi connectivity index (χ1v) is 13.0. The summed E-state index contributed by atoms with van der Waals surface area (Å²) in [5, 5.41) is 2.86. The maximum atomic E-state index is 13.2. The Morgan fingerprint density at radius 1 is 0.857 bits per heavy atom. The van der Waals surface area contributed by atoms with Crippen molar-refractivity contribution >= 4 is 33.2 Å². The van der Waals surface area contributed by atoms with E-state index in [0.717, 1.165) is 31.5 Å². The quantitative estimate of drug-likeness (QED) is 0.513. The van der Waals surface area contributed by atoms with E-state index >= 15 is 0 Å². The minimum absolute atomic E-state index is 0.00978. The molecule has 1 aliphatic heterocycles. The van der Waals surface area contributed by atoms with Gasteiger partial charge in [0.2, 0.25) is 0 Å². The van der Waals surface area contributed by atoms with Gasteiger partial charge in [-0.25, -0.2) is 8.42 Å². The van der Waals surface area contributed by atoms with Gasteiger partial charge in [0.25, 0.3) is 21.8 Å². The number of benzene rings is 3. The summed E-state index contributed by atoms with van der Waals surface area (Å²) in [6, 6.07) is 16.8. The van der Waals surface area contributed by atoms with Crippen LogP contribution in [0.4, 0.5) is 11.4 Å². The first-order chi connectivity index (χ1) is 16.7. The molecule has 0 aliphatic carbocycles. The summed E-state index contributed by atoms with van der Waals surface area (Å²) < 4.78 is 28.5. The number of anilines is 2. The molecule has 3 aromatic carbocycles.